The van der Waals surface area contributed by atoms with Crippen molar-refractivity contribution in [2.24, 2.45) is 0 Å². The Morgan fingerprint density at radius 2 is 1.76 bits per heavy atom. The van der Waals surface area contributed by atoms with Crippen LogP contribution in [0.2, 0.25) is 0 Å². The summed E-state index contributed by atoms with van der Waals surface area (Å²) in [5.41, 5.74) is 4.06. The topological polar surface area (TPSA) is 84.1 Å². The molecule has 0 radical (unpaired) electrons. The van der Waals surface area contributed by atoms with Crippen LogP contribution in [0.1, 0.15) is 28.3 Å². The molecular weight excluding hydrogens is 434 g/mol. The summed E-state index contributed by atoms with van der Waals surface area (Å²) in [5, 5.41) is 0.931. The first-order chi connectivity index (χ1) is 16.5. The van der Waals surface area contributed by atoms with Crippen LogP contribution in [0.5, 0.6) is 11.5 Å². The van der Waals surface area contributed by atoms with Gasteiger partial charge >= 0.3 is 6.03 Å². The van der Waals surface area contributed by atoms with Crippen molar-refractivity contribution in [1.29, 1.82) is 0 Å². The molecular formula is C26H29N3O5. The van der Waals surface area contributed by atoms with Gasteiger partial charge in [-0.15, -0.1) is 0 Å². The third-order valence-electron chi connectivity index (χ3n) is 6.81. The maximum absolute atomic E-state index is 13.7. The number of carbonyl (C=O) groups excluding carboxylic acids is 1. The summed E-state index contributed by atoms with van der Waals surface area (Å²) in [6.45, 7) is 4.57. The molecule has 1 fully saturated rings. The maximum atomic E-state index is 13.7. The molecule has 2 amide bonds. The van der Waals surface area contributed by atoms with Gasteiger partial charge in [-0.3, -0.25) is 4.79 Å². The van der Waals surface area contributed by atoms with E-state index in [1.807, 2.05) is 53.1 Å². The van der Waals surface area contributed by atoms with Crippen LogP contribution in [0.25, 0.3) is 10.9 Å². The van der Waals surface area contributed by atoms with Crippen LogP contribution >= 0.6 is 0 Å². The Balaban J connectivity index is 1.69. The smallest absolute Gasteiger partial charge is 0.320 e. The van der Waals surface area contributed by atoms with E-state index in [2.05, 4.69) is 4.98 Å². The molecule has 1 N–H and O–H groups in total. The number of carbonyl (C=O) groups is 1. The number of nitrogens with zero attached hydrogens (tertiary/aromatic N) is 2. The van der Waals surface area contributed by atoms with E-state index in [0.29, 0.717) is 56.3 Å². The van der Waals surface area contributed by atoms with E-state index in [9.17, 15) is 9.59 Å². The zero-order valence-corrected chi connectivity index (χ0v) is 19.7. The minimum atomic E-state index is -0.549. The van der Waals surface area contributed by atoms with E-state index in [1.165, 1.54) is 0 Å². The Labute approximate surface area is 198 Å². The van der Waals surface area contributed by atoms with Gasteiger partial charge in [-0.2, -0.15) is 0 Å². The van der Waals surface area contributed by atoms with Crippen LogP contribution in [0, 0.1) is 6.92 Å². The number of pyridine rings is 1. The number of urea groups is 1. The number of rotatable bonds is 3. The average molecular weight is 464 g/mol. The molecule has 34 heavy (non-hydrogen) atoms. The lowest BCUT2D eigenvalue weighted by Gasteiger charge is -2.41. The van der Waals surface area contributed by atoms with E-state index in [-0.39, 0.29) is 11.6 Å². The molecule has 2 aromatic carbocycles. The van der Waals surface area contributed by atoms with Crippen LogP contribution in [-0.4, -0.2) is 67.9 Å². The van der Waals surface area contributed by atoms with Crippen molar-refractivity contribution >= 4 is 16.9 Å². The van der Waals surface area contributed by atoms with Gasteiger partial charge in [0, 0.05) is 25.2 Å². The molecule has 0 unspecified atom stereocenters. The first kappa shape index (κ1) is 22.3. The first-order valence-electron chi connectivity index (χ1n) is 11.5. The summed E-state index contributed by atoms with van der Waals surface area (Å²) in [7, 11) is 3.19. The molecule has 2 aliphatic heterocycles. The molecule has 1 aromatic heterocycles. The molecule has 3 heterocycles. The van der Waals surface area contributed by atoms with Gasteiger partial charge < -0.3 is 29.0 Å². The molecule has 0 aliphatic carbocycles. The highest BCUT2D eigenvalue weighted by Crippen LogP contribution is 2.41. The van der Waals surface area contributed by atoms with E-state index in [1.54, 1.807) is 14.2 Å². The fraction of sp³-hybridized carbons (Fsp3) is 0.385. The van der Waals surface area contributed by atoms with Gasteiger partial charge in [-0.05, 0) is 53.6 Å². The number of morpholine rings is 1. The number of aryl methyl sites for hydroxylation is 1. The third kappa shape index (κ3) is 3.77. The Hall–Kier alpha value is -3.52. The van der Waals surface area contributed by atoms with Crippen molar-refractivity contribution in [3.05, 3.63) is 69.0 Å². The molecule has 178 valence electrons. The molecule has 0 bridgehead atoms. The van der Waals surface area contributed by atoms with Gasteiger partial charge in [0.1, 0.15) is 0 Å². The number of hydrogen-bond acceptors (Lipinski definition) is 5. The summed E-state index contributed by atoms with van der Waals surface area (Å²) in [4.78, 5) is 33.8. The molecule has 5 rings (SSSR count). The second-order valence-corrected chi connectivity index (χ2v) is 8.73. The lowest BCUT2D eigenvalue weighted by molar-refractivity contribution is 0.0399. The molecule has 8 heteroatoms. The quantitative estimate of drug-likeness (QED) is 0.645. The van der Waals surface area contributed by atoms with Crippen LogP contribution < -0.4 is 15.0 Å². The second kappa shape index (κ2) is 9.02. The molecule has 3 aromatic rings. The zero-order valence-electron chi connectivity index (χ0n) is 19.7. The summed E-state index contributed by atoms with van der Waals surface area (Å²) >= 11 is 0. The first-order valence-corrected chi connectivity index (χ1v) is 11.5. The molecule has 0 spiro atoms. The van der Waals surface area contributed by atoms with Gasteiger partial charge in [0.15, 0.2) is 11.5 Å². The minimum absolute atomic E-state index is 0.0857. The Kier molecular flexibility index (Phi) is 5.91. The van der Waals surface area contributed by atoms with Crippen molar-refractivity contribution in [3.63, 3.8) is 0 Å². The SMILES string of the molecule is COc1cc2c(cc1OC)[C@H](c1cc3cccc(C)c3[nH]c1=O)N(C(=O)N1CCOCC1)CC2. The number of amides is 2. The number of fused-ring (bicyclic) bond motifs is 2. The fourth-order valence-corrected chi connectivity index (χ4v) is 5.03. The summed E-state index contributed by atoms with van der Waals surface area (Å²) < 4.78 is 16.5. The summed E-state index contributed by atoms with van der Waals surface area (Å²) in [5.74, 6) is 1.20. The number of aromatic amines is 1. The lowest BCUT2D eigenvalue weighted by Crippen LogP contribution is -2.52. The van der Waals surface area contributed by atoms with Gasteiger partial charge in [0.05, 0.1) is 39.0 Å². The summed E-state index contributed by atoms with van der Waals surface area (Å²) in [6.07, 6.45) is 0.660. The van der Waals surface area contributed by atoms with Crippen LogP contribution in [0.15, 0.2) is 41.2 Å². The van der Waals surface area contributed by atoms with Crippen LogP contribution in [0.4, 0.5) is 4.79 Å². The van der Waals surface area contributed by atoms with E-state index in [0.717, 1.165) is 27.6 Å². The van der Waals surface area contributed by atoms with Gasteiger partial charge in [-0.25, -0.2) is 4.79 Å². The monoisotopic (exact) mass is 463 g/mol. The number of ether oxygens (including phenoxy) is 3. The number of hydrogen-bond donors (Lipinski definition) is 1. The number of aromatic nitrogens is 1. The van der Waals surface area contributed by atoms with Crippen LogP contribution in [-0.2, 0) is 11.2 Å². The largest absolute Gasteiger partial charge is 0.493 e. The molecule has 0 saturated carbocycles. The van der Waals surface area contributed by atoms with Gasteiger partial charge in [0.25, 0.3) is 5.56 Å². The van der Waals surface area contributed by atoms with Crippen molar-refractivity contribution in [1.82, 2.24) is 14.8 Å². The van der Waals surface area contributed by atoms with Crippen molar-refractivity contribution in [2.75, 3.05) is 47.1 Å². The molecule has 2 aliphatic rings. The highest BCUT2D eigenvalue weighted by Gasteiger charge is 2.37. The number of benzene rings is 2. The predicted octanol–water partition coefficient (Wildman–Crippen LogP) is 3.25. The van der Waals surface area contributed by atoms with Gasteiger partial charge in [-0.1, -0.05) is 18.2 Å². The Morgan fingerprint density at radius 1 is 1.03 bits per heavy atom. The number of methoxy groups -OCH3 is 2. The van der Waals surface area contributed by atoms with Crippen molar-refractivity contribution in [2.45, 2.75) is 19.4 Å². The molecule has 1 saturated heterocycles. The van der Waals surface area contributed by atoms with E-state index >= 15 is 0 Å². The highest BCUT2D eigenvalue weighted by molar-refractivity contribution is 5.83. The second-order valence-electron chi connectivity index (χ2n) is 8.73. The normalized spacial score (nSPS) is 18.0. The van der Waals surface area contributed by atoms with E-state index in [4.69, 9.17) is 14.2 Å². The predicted molar refractivity (Wildman–Crippen MR) is 129 cm³/mol. The van der Waals surface area contributed by atoms with Crippen molar-refractivity contribution in [3.8, 4) is 11.5 Å². The average Bonchev–Trinajstić information content (AvgIpc) is 2.87. The number of para-hydroxylation sites is 1. The highest BCUT2D eigenvalue weighted by atomic mass is 16.5. The zero-order chi connectivity index (χ0) is 23.8. The van der Waals surface area contributed by atoms with E-state index < -0.39 is 6.04 Å². The lowest BCUT2D eigenvalue weighted by atomic mass is 9.87. The molecule has 8 nitrogen and oxygen atoms in total. The van der Waals surface area contributed by atoms with Crippen LogP contribution in [0.3, 0.4) is 0 Å². The maximum Gasteiger partial charge on any atom is 0.320 e. The molecule has 1 atom stereocenters. The Bertz CT molecular complexity index is 1300. The minimum Gasteiger partial charge on any atom is -0.493 e. The Morgan fingerprint density at radius 3 is 2.50 bits per heavy atom. The van der Waals surface area contributed by atoms with Crippen molar-refractivity contribution < 1.29 is 19.0 Å². The van der Waals surface area contributed by atoms with Gasteiger partial charge in [0.2, 0.25) is 0 Å². The number of H-pyrrole nitrogens is 1. The summed E-state index contributed by atoms with van der Waals surface area (Å²) in [6, 6.07) is 11.1. The third-order valence-corrected chi connectivity index (χ3v) is 6.81. The standard InChI is InChI=1S/C26H29N3O5/c1-16-5-4-6-18-13-20(25(30)27-23(16)18)24-19-15-22(33-3)21(32-2)14-17(19)7-8-29(24)26(31)28-9-11-34-12-10-28/h4-6,13-15,24H,7-12H2,1-3H3,(H,27,30)/t24-/m1/s1. The fourth-order valence-electron chi connectivity index (χ4n) is 5.03. The number of nitrogens with one attached hydrogen (secondary N) is 1.